The van der Waals surface area contributed by atoms with Crippen molar-refractivity contribution in [2.45, 2.75) is 6.92 Å². The van der Waals surface area contributed by atoms with Crippen molar-refractivity contribution in [3.05, 3.63) is 38.0 Å². The molecule has 0 saturated carbocycles. The van der Waals surface area contributed by atoms with Crippen molar-refractivity contribution in [3.8, 4) is 17.2 Å². The third-order valence-corrected chi connectivity index (χ3v) is 4.64. The number of hydrogen-bond acceptors (Lipinski definition) is 5. The summed E-state index contributed by atoms with van der Waals surface area (Å²) in [4.78, 5) is 13.7. The first-order valence-corrected chi connectivity index (χ1v) is 7.73. The summed E-state index contributed by atoms with van der Waals surface area (Å²) < 4.78 is 16.7. The topological polar surface area (TPSA) is 44.8 Å². The van der Waals surface area contributed by atoms with Gasteiger partial charge >= 0.3 is 0 Å². The molecule has 0 fully saturated rings. The summed E-state index contributed by atoms with van der Waals surface area (Å²) in [6, 6.07) is 5.12. The van der Waals surface area contributed by atoms with Gasteiger partial charge in [-0.05, 0) is 35.0 Å². The largest absolute Gasteiger partial charge is 0.496 e. The number of rotatable bonds is 5. The number of thiophene rings is 1. The number of benzene rings is 1. The number of methoxy groups -OCH3 is 3. The molecule has 4 nitrogen and oxygen atoms in total. The van der Waals surface area contributed by atoms with Crippen molar-refractivity contribution in [3.63, 3.8) is 0 Å². The van der Waals surface area contributed by atoms with E-state index < -0.39 is 0 Å². The first kappa shape index (κ1) is 15.9. The van der Waals surface area contributed by atoms with Crippen molar-refractivity contribution in [1.29, 1.82) is 0 Å². The Kier molecular flexibility index (Phi) is 4.90. The zero-order valence-electron chi connectivity index (χ0n) is 12.2. The van der Waals surface area contributed by atoms with Gasteiger partial charge < -0.3 is 14.2 Å². The van der Waals surface area contributed by atoms with Crippen LogP contribution in [0.1, 0.15) is 20.8 Å². The number of carbonyl (C=O) groups excluding carboxylic acids is 1. The summed E-state index contributed by atoms with van der Waals surface area (Å²) in [5.74, 6) is 1.37. The zero-order valence-corrected chi connectivity index (χ0v) is 14.6. The van der Waals surface area contributed by atoms with Crippen LogP contribution in [-0.2, 0) is 0 Å². The fraction of sp³-hybridized carbons (Fsp3) is 0.267. The van der Waals surface area contributed by atoms with Crippen molar-refractivity contribution in [2.75, 3.05) is 21.3 Å². The van der Waals surface area contributed by atoms with Gasteiger partial charge in [0, 0.05) is 16.5 Å². The minimum absolute atomic E-state index is 0.104. The van der Waals surface area contributed by atoms with Crippen LogP contribution < -0.4 is 14.2 Å². The predicted octanol–water partition coefficient (Wildman–Crippen LogP) is 4.08. The van der Waals surface area contributed by atoms with Crippen LogP contribution in [0.4, 0.5) is 0 Å². The normalized spacial score (nSPS) is 10.3. The van der Waals surface area contributed by atoms with Crippen molar-refractivity contribution in [1.82, 2.24) is 0 Å². The maximum atomic E-state index is 12.7. The van der Waals surface area contributed by atoms with Gasteiger partial charge in [0.2, 0.25) is 0 Å². The molecule has 6 heteroatoms. The lowest BCUT2D eigenvalue weighted by Crippen LogP contribution is -2.05. The molecule has 0 bridgehead atoms. The van der Waals surface area contributed by atoms with Gasteiger partial charge in [-0.1, -0.05) is 0 Å². The second kappa shape index (κ2) is 6.49. The predicted molar refractivity (Wildman–Crippen MR) is 86.3 cm³/mol. The Balaban J connectivity index is 2.56. The molecule has 2 aromatic rings. The van der Waals surface area contributed by atoms with Gasteiger partial charge in [0.15, 0.2) is 17.3 Å². The highest BCUT2D eigenvalue weighted by Crippen LogP contribution is 2.37. The van der Waals surface area contributed by atoms with Crippen LogP contribution in [0.2, 0.25) is 0 Å². The van der Waals surface area contributed by atoms with Gasteiger partial charge in [0.25, 0.3) is 0 Å². The smallest absolute Gasteiger partial charge is 0.198 e. The first-order valence-electron chi connectivity index (χ1n) is 6.12. The van der Waals surface area contributed by atoms with E-state index in [-0.39, 0.29) is 5.78 Å². The lowest BCUT2D eigenvalue weighted by Gasteiger charge is -2.13. The number of hydrogen-bond donors (Lipinski definition) is 0. The highest BCUT2D eigenvalue weighted by molar-refractivity contribution is 9.11. The molecular weight excluding hydrogens is 356 g/mol. The molecule has 0 amide bonds. The van der Waals surface area contributed by atoms with Gasteiger partial charge in [-0.2, -0.15) is 0 Å². The van der Waals surface area contributed by atoms with E-state index in [1.54, 1.807) is 19.2 Å². The molecule has 0 unspecified atom stereocenters. The minimum atomic E-state index is -0.104. The lowest BCUT2D eigenvalue weighted by atomic mass is 10.0. The Labute approximate surface area is 135 Å². The molecule has 1 aromatic carbocycles. The van der Waals surface area contributed by atoms with E-state index in [0.29, 0.717) is 28.4 Å². The molecule has 0 saturated heterocycles. The van der Waals surface area contributed by atoms with Crippen LogP contribution in [0.3, 0.4) is 0 Å². The summed E-state index contributed by atoms with van der Waals surface area (Å²) in [6.45, 7) is 1.91. The molecule has 21 heavy (non-hydrogen) atoms. The van der Waals surface area contributed by atoms with E-state index in [1.807, 2.05) is 13.0 Å². The van der Waals surface area contributed by atoms with Gasteiger partial charge in [0.05, 0.1) is 30.7 Å². The van der Waals surface area contributed by atoms with Crippen LogP contribution in [0.5, 0.6) is 17.2 Å². The third-order valence-electron chi connectivity index (χ3n) is 3.08. The van der Waals surface area contributed by atoms with Crippen LogP contribution in [-0.4, -0.2) is 27.1 Å². The van der Waals surface area contributed by atoms with E-state index in [2.05, 4.69) is 15.9 Å². The van der Waals surface area contributed by atoms with E-state index in [1.165, 1.54) is 25.6 Å². The zero-order chi connectivity index (χ0) is 15.6. The standard InChI is InChI=1S/C15H15BrO4S/c1-8-9(6-14(16)21-8)15(17)10-5-12(19-3)13(20-4)7-11(10)18-2/h5-7H,1-4H3. The van der Waals surface area contributed by atoms with Gasteiger partial charge in [0.1, 0.15) is 5.75 Å². The number of ether oxygens (including phenoxy) is 3. The molecular formula is C15H15BrO4S. The quantitative estimate of drug-likeness (QED) is 0.743. The Morgan fingerprint density at radius 1 is 0.952 bits per heavy atom. The average molecular weight is 371 g/mol. The summed E-state index contributed by atoms with van der Waals surface area (Å²) in [5.41, 5.74) is 1.10. The molecule has 0 aliphatic heterocycles. The molecule has 0 aliphatic carbocycles. The highest BCUT2D eigenvalue weighted by atomic mass is 79.9. The van der Waals surface area contributed by atoms with Crippen LogP contribution in [0, 0.1) is 6.92 Å². The van der Waals surface area contributed by atoms with Gasteiger partial charge in [-0.3, -0.25) is 4.79 Å². The number of carbonyl (C=O) groups is 1. The average Bonchev–Trinajstić information content (AvgIpc) is 2.83. The lowest BCUT2D eigenvalue weighted by molar-refractivity contribution is 0.103. The van der Waals surface area contributed by atoms with Crippen molar-refractivity contribution >= 4 is 33.0 Å². The molecule has 0 atom stereocenters. The Morgan fingerprint density at radius 2 is 1.52 bits per heavy atom. The highest BCUT2D eigenvalue weighted by Gasteiger charge is 2.21. The van der Waals surface area contributed by atoms with Crippen molar-refractivity contribution in [2.24, 2.45) is 0 Å². The van der Waals surface area contributed by atoms with Crippen LogP contribution >= 0.6 is 27.3 Å². The fourth-order valence-corrected chi connectivity index (χ4v) is 3.71. The molecule has 0 spiro atoms. The molecule has 1 aromatic heterocycles. The van der Waals surface area contributed by atoms with E-state index in [4.69, 9.17) is 14.2 Å². The van der Waals surface area contributed by atoms with Gasteiger partial charge in [-0.15, -0.1) is 11.3 Å². The minimum Gasteiger partial charge on any atom is -0.496 e. The third kappa shape index (κ3) is 3.06. The second-order valence-corrected chi connectivity index (χ2v) is 6.89. The van der Waals surface area contributed by atoms with E-state index in [0.717, 1.165) is 8.66 Å². The maximum absolute atomic E-state index is 12.7. The maximum Gasteiger partial charge on any atom is 0.198 e. The molecule has 0 radical (unpaired) electrons. The van der Waals surface area contributed by atoms with E-state index in [9.17, 15) is 4.79 Å². The molecule has 112 valence electrons. The molecule has 1 heterocycles. The fourth-order valence-electron chi connectivity index (χ4n) is 2.02. The number of halogens is 1. The van der Waals surface area contributed by atoms with Crippen LogP contribution in [0.15, 0.2) is 22.0 Å². The molecule has 2 rings (SSSR count). The van der Waals surface area contributed by atoms with Crippen LogP contribution in [0.25, 0.3) is 0 Å². The Morgan fingerprint density at radius 3 is 2.00 bits per heavy atom. The van der Waals surface area contributed by atoms with E-state index >= 15 is 0 Å². The number of ketones is 1. The van der Waals surface area contributed by atoms with Gasteiger partial charge in [-0.25, -0.2) is 0 Å². The SMILES string of the molecule is COc1cc(OC)c(C(=O)c2cc(Br)sc2C)cc1OC. The first-order chi connectivity index (χ1) is 10.0. The summed E-state index contributed by atoms with van der Waals surface area (Å²) in [6.07, 6.45) is 0. The molecule has 0 aliphatic rings. The monoisotopic (exact) mass is 370 g/mol. The Hall–Kier alpha value is -1.53. The summed E-state index contributed by atoms with van der Waals surface area (Å²) in [5, 5.41) is 0. The summed E-state index contributed by atoms with van der Waals surface area (Å²) in [7, 11) is 4.60. The molecule has 0 N–H and O–H groups in total. The second-order valence-electron chi connectivity index (χ2n) is 4.26. The Bertz CT molecular complexity index is 679. The van der Waals surface area contributed by atoms with Crippen molar-refractivity contribution < 1.29 is 19.0 Å². The number of aryl methyl sites for hydroxylation is 1. The summed E-state index contributed by atoms with van der Waals surface area (Å²) >= 11 is 4.92.